The van der Waals surface area contributed by atoms with Crippen molar-refractivity contribution in [2.45, 2.75) is 63.7 Å². The van der Waals surface area contributed by atoms with Crippen molar-refractivity contribution in [2.24, 2.45) is 17.6 Å². The number of aliphatic hydroxyl groups excluding tert-OH is 1. The molecule has 7 aliphatic rings. The molecule has 4 N–H and O–H groups in total. The van der Waals surface area contributed by atoms with Gasteiger partial charge in [-0.15, -0.1) is 0 Å². The van der Waals surface area contributed by atoms with Crippen LogP contribution in [0.25, 0.3) is 16.7 Å². The van der Waals surface area contributed by atoms with Gasteiger partial charge in [-0.25, -0.2) is 9.59 Å². The Morgan fingerprint density at radius 3 is 2.37 bits per heavy atom. The van der Waals surface area contributed by atoms with E-state index < -0.39 is 30.1 Å². The van der Waals surface area contributed by atoms with E-state index in [0.717, 1.165) is 66.5 Å². The zero-order valence-electron chi connectivity index (χ0n) is 30.4. The SMILES string of the molecule is COC(=O)/C=C1/c2cc(CCC[N+]34CC[N+](CCCN)(CC3)CC4)ccc2-c2c(OC3CCCC4C3=C(C(=O)O)N3C(=O)C(C(C)O)C43)cccc21. The van der Waals surface area contributed by atoms with E-state index >= 15 is 0 Å². The fourth-order valence-electron chi connectivity index (χ4n) is 10.6. The van der Waals surface area contributed by atoms with E-state index in [4.69, 9.17) is 15.2 Å². The number of aliphatic carboxylic acids is 1. The van der Waals surface area contributed by atoms with Crippen molar-refractivity contribution in [3.63, 3.8) is 0 Å². The van der Waals surface area contributed by atoms with Gasteiger partial charge in [0.05, 0.1) is 38.3 Å². The Kier molecular flexibility index (Phi) is 9.05. The summed E-state index contributed by atoms with van der Waals surface area (Å²) >= 11 is 0. The highest BCUT2D eigenvalue weighted by Gasteiger charge is 2.62. The van der Waals surface area contributed by atoms with Crippen molar-refractivity contribution in [3.05, 3.63) is 70.4 Å². The van der Waals surface area contributed by atoms with E-state index in [-0.39, 0.29) is 23.6 Å². The van der Waals surface area contributed by atoms with Crippen molar-refractivity contribution in [1.29, 1.82) is 0 Å². The van der Waals surface area contributed by atoms with Gasteiger partial charge in [0.25, 0.3) is 0 Å². The van der Waals surface area contributed by atoms with Crippen LogP contribution >= 0.6 is 0 Å². The van der Waals surface area contributed by atoms with E-state index in [1.165, 1.54) is 78.9 Å². The lowest BCUT2D eigenvalue weighted by Gasteiger charge is -2.55. The number of benzene rings is 2. The summed E-state index contributed by atoms with van der Waals surface area (Å²) in [5, 5.41) is 20.7. The third kappa shape index (κ3) is 5.68. The fourth-order valence-corrected chi connectivity index (χ4v) is 10.6. The average molecular weight is 713 g/mol. The van der Waals surface area contributed by atoms with Crippen LogP contribution in [0.4, 0.5) is 0 Å². The highest BCUT2D eigenvalue weighted by molar-refractivity contribution is 6.08. The normalized spacial score (nSPS) is 31.1. The molecule has 276 valence electrons. The zero-order valence-corrected chi connectivity index (χ0v) is 30.4. The van der Waals surface area contributed by atoms with Crippen molar-refractivity contribution in [2.75, 3.05) is 66.0 Å². The van der Waals surface area contributed by atoms with Crippen LogP contribution in [0.15, 0.2) is 53.7 Å². The van der Waals surface area contributed by atoms with Crippen LogP contribution in [0.1, 0.15) is 55.7 Å². The first-order valence-electron chi connectivity index (χ1n) is 19.2. The van der Waals surface area contributed by atoms with Crippen molar-refractivity contribution < 1.29 is 43.0 Å². The number of aryl methyl sites for hydroxylation is 1. The number of carboxylic acids is 1. The molecule has 4 saturated heterocycles. The second kappa shape index (κ2) is 13.4. The van der Waals surface area contributed by atoms with Crippen molar-refractivity contribution in [3.8, 4) is 16.9 Å². The number of carbonyl (C=O) groups excluding carboxylic acids is 2. The van der Waals surface area contributed by atoms with Crippen LogP contribution in [-0.2, 0) is 25.5 Å². The maximum absolute atomic E-state index is 13.1. The lowest BCUT2D eigenvalue weighted by Crippen LogP contribution is -2.75. The first-order chi connectivity index (χ1) is 25.1. The minimum Gasteiger partial charge on any atom is -0.485 e. The molecular formula is C41H52N4O7+2. The molecule has 2 bridgehead atoms. The molecule has 0 aromatic heterocycles. The molecule has 52 heavy (non-hydrogen) atoms. The second-order valence-corrected chi connectivity index (χ2v) is 16.1. The largest absolute Gasteiger partial charge is 0.485 e. The smallest absolute Gasteiger partial charge is 0.352 e. The summed E-state index contributed by atoms with van der Waals surface area (Å²) in [6, 6.07) is 12.0. The summed E-state index contributed by atoms with van der Waals surface area (Å²) in [5.41, 5.74) is 12.2. The van der Waals surface area contributed by atoms with Gasteiger partial charge >= 0.3 is 11.9 Å². The molecule has 5 fully saturated rings. The maximum atomic E-state index is 13.1. The van der Waals surface area contributed by atoms with Crippen molar-refractivity contribution >= 4 is 23.4 Å². The molecular weight excluding hydrogens is 660 g/mol. The third-order valence-corrected chi connectivity index (χ3v) is 13.3. The molecule has 2 aliphatic carbocycles. The fraction of sp³-hybridized carbons (Fsp3) is 0.537. The predicted molar refractivity (Wildman–Crippen MR) is 195 cm³/mol. The molecule has 9 rings (SSSR count). The van der Waals surface area contributed by atoms with E-state index in [9.17, 15) is 24.6 Å². The van der Waals surface area contributed by atoms with Crippen LogP contribution in [0.5, 0.6) is 5.75 Å². The lowest BCUT2D eigenvalue weighted by molar-refractivity contribution is -1.08. The highest BCUT2D eigenvalue weighted by atomic mass is 16.5. The molecule has 5 unspecified atom stereocenters. The maximum Gasteiger partial charge on any atom is 0.352 e. The number of nitrogens with zero attached hydrogens (tertiary/aromatic N) is 3. The summed E-state index contributed by atoms with van der Waals surface area (Å²) in [6.07, 6.45) is 5.48. The van der Waals surface area contributed by atoms with Gasteiger partial charge in [0.1, 0.15) is 56.8 Å². The van der Waals surface area contributed by atoms with Gasteiger partial charge in [-0.05, 0) is 73.0 Å². The Morgan fingerprint density at radius 2 is 1.71 bits per heavy atom. The van der Waals surface area contributed by atoms with Crippen LogP contribution in [0, 0.1) is 11.8 Å². The number of quaternary nitrogens is 2. The quantitative estimate of drug-likeness (QED) is 0.113. The number of β-lactam (4-membered cyclic amide) rings is 1. The minimum atomic E-state index is -1.14. The van der Waals surface area contributed by atoms with Gasteiger partial charge in [-0.1, -0.05) is 30.3 Å². The van der Waals surface area contributed by atoms with Crippen LogP contribution < -0.4 is 10.5 Å². The third-order valence-electron chi connectivity index (χ3n) is 13.3. The Labute approximate surface area is 305 Å². The lowest BCUT2D eigenvalue weighted by atomic mass is 9.71. The summed E-state index contributed by atoms with van der Waals surface area (Å²) < 4.78 is 14.4. The molecule has 0 spiro atoms. The van der Waals surface area contributed by atoms with Crippen LogP contribution in [0.2, 0.25) is 0 Å². The molecule has 1 saturated carbocycles. The molecule has 11 heteroatoms. The molecule has 5 heterocycles. The number of piperazine rings is 3. The standard InChI is InChI=1S/C41H51N4O7/c1-25(46)35-38-29-9-4-11-33(37(29)39(41(49)50)43(38)40(35)48)52-32-10-3-8-27-31(24-34(47)51-2)30-23-26(12-13-28(30)36(27)32)7-5-15-44-17-20-45(21-18-44,22-19-44)16-6-14-42/h3,8,10,12-13,23-25,29,33,35,38,46H,4-7,9,11,14-22,42H2,1-2H3/q+1/p+1/b31-24+. The molecule has 5 aliphatic heterocycles. The number of hydrogen-bond donors (Lipinski definition) is 3. The van der Waals surface area contributed by atoms with Crippen LogP contribution in [0.3, 0.4) is 0 Å². The number of ether oxygens (including phenoxy) is 2. The van der Waals surface area contributed by atoms with E-state index in [2.05, 4.69) is 18.2 Å². The monoisotopic (exact) mass is 712 g/mol. The molecule has 2 aromatic carbocycles. The number of amides is 1. The van der Waals surface area contributed by atoms with Crippen molar-refractivity contribution in [1.82, 2.24) is 4.90 Å². The summed E-state index contributed by atoms with van der Waals surface area (Å²) in [5.74, 6) is -2.09. The average Bonchev–Trinajstić information content (AvgIpc) is 3.62. The van der Waals surface area contributed by atoms with Gasteiger partial charge in [-0.3, -0.25) is 4.79 Å². The van der Waals surface area contributed by atoms with E-state index in [1.807, 2.05) is 18.2 Å². The first kappa shape index (κ1) is 35.0. The number of fused-ring (bicyclic) bond motifs is 9. The zero-order chi connectivity index (χ0) is 36.4. The Balaban J connectivity index is 1.06. The number of esters is 1. The first-order valence-corrected chi connectivity index (χ1v) is 19.2. The minimum absolute atomic E-state index is 0.00935. The second-order valence-electron chi connectivity index (χ2n) is 16.1. The number of carbonyl (C=O) groups is 3. The van der Waals surface area contributed by atoms with Gasteiger partial charge in [0.2, 0.25) is 5.91 Å². The summed E-state index contributed by atoms with van der Waals surface area (Å²) in [6.45, 7) is 12.3. The van der Waals surface area contributed by atoms with Gasteiger partial charge in [-0.2, -0.15) is 0 Å². The van der Waals surface area contributed by atoms with Gasteiger partial charge in [0.15, 0.2) is 0 Å². The molecule has 5 atom stereocenters. The number of nitrogens with two attached hydrogens (primary N) is 1. The van der Waals surface area contributed by atoms with Gasteiger partial charge < -0.3 is 39.3 Å². The summed E-state index contributed by atoms with van der Waals surface area (Å²) in [7, 11) is 1.38. The highest BCUT2D eigenvalue weighted by Crippen LogP contribution is 2.54. The molecule has 0 radical (unpaired) electrons. The van der Waals surface area contributed by atoms with E-state index in [0.29, 0.717) is 17.7 Å². The van der Waals surface area contributed by atoms with Crippen LogP contribution in [-0.4, -0.2) is 126 Å². The molecule has 1 amide bonds. The molecule has 2 aromatic rings. The number of hydrogen-bond acceptors (Lipinski definition) is 7. The number of aliphatic hydroxyl groups is 1. The Hall–Kier alpha value is -4.03. The summed E-state index contributed by atoms with van der Waals surface area (Å²) in [4.78, 5) is 39.8. The number of methoxy groups -OCH3 is 1. The Morgan fingerprint density at radius 1 is 1.00 bits per heavy atom. The van der Waals surface area contributed by atoms with Gasteiger partial charge in [0, 0.05) is 36.0 Å². The number of carboxylic acid groups (broad SMARTS) is 1. The number of rotatable bonds is 12. The van der Waals surface area contributed by atoms with E-state index in [1.54, 1.807) is 13.0 Å². The topological polar surface area (TPSA) is 139 Å². The molecule has 11 nitrogen and oxygen atoms in total. The predicted octanol–water partition coefficient (Wildman–Crippen LogP) is 3.32. The Bertz CT molecular complexity index is 1840.